The van der Waals surface area contributed by atoms with E-state index in [1.165, 1.54) is 12.1 Å². The van der Waals surface area contributed by atoms with E-state index in [4.69, 9.17) is 5.73 Å². The summed E-state index contributed by atoms with van der Waals surface area (Å²) in [5, 5.41) is 6.00. The summed E-state index contributed by atoms with van der Waals surface area (Å²) in [6.07, 6.45) is 6.64. The Labute approximate surface area is 157 Å². The molecule has 0 saturated heterocycles. The summed E-state index contributed by atoms with van der Waals surface area (Å²) in [5.74, 6) is -0.869. The van der Waals surface area contributed by atoms with Crippen LogP contribution in [0.5, 0.6) is 0 Å². The topological polar surface area (TPSA) is 92.4 Å². The molecule has 2 atom stereocenters. The van der Waals surface area contributed by atoms with Gasteiger partial charge in [-0.2, -0.15) is 0 Å². The molecule has 4 N–H and O–H groups in total. The molecule has 1 amide bonds. The lowest BCUT2D eigenvalue weighted by atomic mass is 10.0. The van der Waals surface area contributed by atoms with Crippen molar-refractivity contribution in [3.63, 3.8) is 0 Å². The number of benzene rings is 1. The highest BCUT2D eigenvalue weighted by Gasteiger charge is 2.17. The third kappa shape index (κ3) is 4.69. The van der Waals surface area contributed by atoms with Crippen LogP contribution in [0.3, 0.4) is 0 Å². The first-order valence-corrected chi connectivity index (χ1v) is 8.72. The van der Waals surface area contributed by atoms with Gasteiger partial charge >= 0.3 is 0 Å². The number of hydrogen-bond acceptors (Lipinski definition) is 5. The first-order chi connectivity index (χ1) is 12.9. The van der Waals surface area contributed by atoms with Crippen LogP contribution in [0, 0.1) is 5.82 Å². The van der Waals surface area contributed by atoms with E-state index in [2.05, 4.69) is 33.6 Å². The minimum atomic E-state index is -0.457. The van der Waals surface area contributed by atoms with E-state index < -0.39 is 11.7 Å². The maximum Gasteiger partial charge on any atom is 0.274 e. The molecule has 0 aliphatic carbocycles. The first-order valence-electron chi connectivity index (χ1n) is 8.72. The Morgan fingerprint density at radius 3 is 2.81 bits per heavy atom. The lowest BCUT2D eigenvalue weighted by Gasteiger charge is -2.24. The molecule has 6 nitrogen and oxygen atoms in total. The molecule has 7 heteroatoms. The third-order valence-electron chi connectivity index (χ3n) is 4.34. The number of nitrogens with zero attached hydrogens (tertiary/aromatic N) is 2. The van der Waals surface area contributed by atoms with E-state index in [0.29, 0.717) is 5.69 Å². The molecule has 1 aromatic carbocycles. The zero-order chi connectivity index (χ0) is 19.4. The van der Waals surface area contributed by atoms with E-state index in [1.54, 1.807) is 18.3 Å². The molecule has 3 rings (SSSR count). The van der Waals surface area contributed by atoms with E-state index in [-0.39, 0.29) is 23.5 Å². The molecule has 0 saturated carbocycles. The van der Waals surface area contributed by atoms with Crippen molar-refractivity contribution in [1.82, 2.24) is 4.98 Å². The van der Waals surface area contributed by atoms with Crippen LogP contribution in [0.4, 0.5) is 21.5 Å². The second-order valence-corrected chi connectivity index (χ2v) is 6.53. The maximum atomic E-state index is 13.1. The smallest absolute Gasteiger partial charge is 0.274 e. The van der Waals surface area contributed by atoms with Gasteiger partial charge in [0, 0.05) is 11.8 Å². The number of nitrogen functional groups attached to an aromatic ring is 1. The van der Waals surface area contributed by atoms with Crippen molar-refractivity contribution in [1.29, 1.82) is 0 Å². The van der Waals surface area contributed by atoms with Crippen LogP contribution in [0.1, 0.15) is 30.8 Å². The van der Waals surface area contributed by atoms with Gasteiger partial charge in [-0.05, 0) is 56.7 Å². The number of halogens is 1. The van der Waals surface area contributed by atoms with Gasteiger partial charge in [0.15, 0.2) is 0 Å². The van der Waals surface area contributed by atoms with Crippen molar-refractivity contribution in [2.45, 2.75) is 32.4 Å². The zero-order valence-corrected chi connectivity index (χ0v) is 15.2. The van der Waals surface area contributed by atoms with Crippen LogP contribution in [-0.4, -0.2) is 28.7 Å². The van der Waals surface area contributed by atoms with Crippen molar-refractivity contribution in [2.75, 3.05) is 16.4 Å². The molecule has 0 bridgehead atoms. The lowest BCUT2D eigenvalue weighted by Crippen LogP contribution is -2.31. The number of carbonyl (C=O) groups is 1. The minimum Gasteiger partial charge on any atom is -0.397 e. The molecule has 0 radical (unpaired) electrons. The van der Waals surface area contributed by atoms with Gasteiger partial charge in [-0.1, -0.05) is 6.08 Å². The number of pyridine rings is 1. The summed E-state index contributed by atoms with van der Waals surface area (Å²) in [7, 11) is 0. The molecular weight excluding hydrogens is 345 g/mol. The Morgan fingerprint density at radius 2 is 2.15 bits per heavy atom. The normalized spacial score (nSPS) is 17.1. The quantitative estimate of drug-likeness (QED) is 0.704. The van der Waals surface area contributed by atoms with Crippen LogP contribution in [-0.2, 0) is 0 Å². The first kappa shape index (κ1) is 18.6. The summed E-state index contributed by atoms with van der Waals surface area (Å²) in [4.78, 5) is 21.1. The molecule has 1 aromatic heterocycles. The van der Waals surface area contributed by atoms with Crippen molar-refractivity contribution in [3.8, 4) is 0 Å². The number of nitrogens with one attached hydrogen (secondary N) is 2. The summed E-state index contributed by atoms with van der Waals surface area (Å²) < 4.78 is 13.1. The van der Waals surface area contributed by atoms with Gasteiger partial charge in [-0.3, -0.25) is 9.79 Å². The molecule has 1 unspecified atom stereocenters. The predicted molar refractivity (Wildman–Crippen MR) is 107 cm³/mol. The van der Waals surface area contributed by atoms with Gasteiger partial charge in [0.2, 0.25) is 0 Å². The fourth-order valence-electron chi connectivity index (χ4n) is 2.86. The highest BCUT2D eigenvalue weighted by Crippen LogP contribution is 2.20. The van der Waals surface area contributed by atoms with Gasteiger partial charge in [0.1, 0.15) is 11.5 Å². The Kier molecular flexibility index (Phi) is 5.49. The maximum absolute atomic E-state index is 13.1. The summed E-state index contributed by atoms with van der Waals surface area (Å²) in [6.45, 7) is 4.05. The Hall–Kier alpha value is -3.22. The number of allylic oxidation sites excluding steroid dienone is 1. The van der Waals surface area contributed by atoms with Crippen LogP contribution in [0.15, 0.2) is 53.7 Å². The number of dihydropyridines is 1. The van der Waals surface area contributed by atoms with Gasteiger partial charge in [0.05, 0.1) is 29.3 Å². The number of anilines is 3. The van der Waals surface area contributed by atoms with Crippen LogP contribution in [0.2, 0.25) is 0 Å². The average molecular weight is 367 g/mol. The largest absolute Gasteiger partial charge is 0.397 e. The number of amides is 1. The SMILES string of the molecule is CC1=NC([C@@H](C)Nc2ccc(C(=O)Nc3ccc(F)cc3N)nc2)CC=C1. The number of aliphatic imine (C=N–C) groups is 1. The highest BCUT2D eigenvalue weighted by atomic mass is 19.1. The summed E-state index contributed by atoms with van der Waals surface area (Å²) in [5.41, 5.74) is 8.28. The Morgan fingerprint density at radius 1 is 1.33 bits per heavy atom. The van der Waals surface area contributed by atoms with Gasteiger partial charge in [0.25, 0.3) is 5.91 Å². The van der Waals surface area contributed by atoms with Crippen LogP contribution >= 0.6 is 0 Å². The monoisotopic (exact) mass is 367 g/mol. The van der Waals surface area contributed by atoms with Gasteiger partial charge in [-0.25, -0.2) is 9.37 Å². The second-order valence-electron chi connectivity index (χ2n) is 6.53. The number of rotatable bonds is 5. The van der Waals surface area contributed by atoms with Crippen LogP contribution in [0.25, 0.3) is 0 Å². The van der Waals surface area contributed by atoms with E-state index in [0.717, 1.165) is 23.9 Å². The molecule has 1 aliphatic rings. The Bertz CT molecular complexity index is 892. The number of aromatic nitrogens is 1. The standard InChI is InChI=1S/C20H22FN5O/c1-12-4-3-5-17(24-12)13(2)25-15-7-9-19(23-11-15)20(27)26-18-8-6-14(21)10-16(18)22/h3-4,6-11,13,17,25H,5,22H2,1-2H3,(H,26,27)/t13-,17?/m1/s1. The Balaban J connectivity index is 1.62. The highest BCUT2D eigenvalue weighted by molar-refractivity contribution is 6.04. The van der Waals surface area contributed by atoms with E-state index in [9.17, 15) is 9.18 Å². The fraction of sp³-hybridized carbons (Fsp3) is 0.250. The molecule has 0 spiro atoms. The third-order valence-corrected chi connectivity index (χ3v) is 4.34. The number of nitrogens with two attached hydrogens (primary N) is 1. The van der Waals surface area contributed by atoms with Crippen molar-refractivity contribution >= 4 is 28.7 Å². The molecular formula is C20H22FN5O. The molecule has 1 aliphatic heterocycles. The molecule has 27 heavy (non-hydrogen) atoms. The molecule has 140 valence electrons. The minimum absolute atomic E-state index is 0.130. The van der Waals surface area contributed by atoms with Crippen molar-refractivity contribution < 1.29 is 9.18 Å². The summed E-state index contributed by atoms with van der Waals surface area (Å²) in [6, 6.07) is 7.52. The van der Waals surface area contributed by atoms with Gasteiger partial charge in [-0.15, -0.1) is 0 Å². The average Bonchev–Trinajstić information content (AvgIpc) is 2.64. The second kappa shape index (κ2) is 7.99. The lowest BCUT2D eigenvalue weighted by molar-refractivity contribution is 0.102. The van der Waals surface area contributed by atoms with E-state index >= 15 is 0 Å². The van der Waals surface area contributed by atoms with Crippen LogP contribution < -0.4 is 16.4 Å². The number of hydrogen-bond donors (Lipinski definition) is 3. The van der Waals surface area contributed by atoms with Crippen molar-refractivity contribution in [3.05, 3.63) is 60.2 Å². The fourth-order valence-corrected chi connectivity index (χ4v) is 2.86. The van der Waals surface area contributed by atoms with Gasteiger partial charge < -0.3 is 16.4 Å². The molecule has 2 heterocycles. The predicted octanol–water partition coefficient (Wildman–Crippen LogP) is 3.65. The number of carbonyl (C=O) groups excluding carboxylic acids is 1. The summed E-state index contributed by atoms with van der Waals surface area (Å²) >= 11 is 0. The van der Waals surface area contributed by atoms with E-state index in [1.807, 2.05) is 13.0 Å². The molecule has 2 aromatic rings. The molecule has 0 fully saturated rings. The van der Waals surface area contributed by atoms with Crippen molar-refractivity contribution in [2.24, 2.45) is 4.99 Å². The zero-order valence-electron chi connectivity index (χ0n) is 15.2.